The van der Waals surface area contributed by atoms with Gasteiger partial charge in [-0.25, -0.2) is 9.79 Å². The first-order valence-electron chi connectivity index (χ1n) is 10.0. The Bertz CT molecular complexity index is 1380. The minimum atomic E-state index is -0.628. The topological polar surface area (TPSA) is 69.9 Å². The molecule has 0 aliphatic carbocycles. The number of methoxy groups -OCH3 is 1. The molecule has 0 radical (unpaired) electrons. The van der Waals surface area contributed by atoms with Gasteiger partial charge in [-0.1, -0.05) is 66.5 Å². The van der Waals surface area contributed by atoms with Crippen LogP contribution in [0.2, 0.25) is 0 Å². The van der Waals surface area contributed by atoms with E-state index in [9.17, 15) is 9.59 Å². The average molecular weight is 447 g/mol. The van der Waals surface area contributed by atoms with Crippen molar-refractivity contribution in [2.24, 2.45) is 4.99 Å². The number of esters is 1. The molecule has 2 aromatic carbocycles. The normalized spacial score (nSPS) is 15.7. The Labute approximate surface area is 189 Å². The smallest absolute Gasteiger partial charge is 0.338 e. The molecule has 1 unspecified atom stereocenters. The van der Waals surface area contributed by atoms with Crippen molar-refractivity contribution in [3.05, 3.63) is 109 Å². The number of aromatic nitrogens is 1. The molecule has 0 fully saturated rings. The second-order valence-electron chi connectivity index (χ2n) is 7.16. The number of rotatable bonds is 6. The van der Waals surface area contributed by atoms with Gasteiger partial charge in [-0.05, 0) is 36.3 Å². The second kappa shape index (κ2) is 9.20. The van der Waals surface area contributed by atoms with Crippen LogP contribution in [0.15, 0.2) is 88.3 Å². The third-order valence-electron chi connectivity index (χ3n) is 5.08. The van der Waals surface area contributed by atoms with Crippen molar-refractivity contribution in [2.45, 2.75) is 13.0 Å². The van der Waals surface area contributed by atoms with Crippen molar-refractivity contribution in [2.75, 3.05) is 13.7 Å². The SMILES string of the molecule is C=CCOC(=O)C1=C(C)N=c2sc(=Cc3cccc(OC)c3)c(=O)n2C1c1ccccc1. The van der Waals surface area contributed by atoms with Gasteiger partial charge >= 0.3 is 5.97 Å². The lowest BCUT2D eigenvalue weighted by Crippen LogP contribution is -2.39. The summed E-state index contributed by atoms with van der Waals surface area (Å²) in [5, 5.41) is 0. The van der Waals surface area contributed by atoms with E-state index in [-0.39, 0.29) is 12.2 Å². The van der Waals surface area contributed by atoms with E-state index < -0.39 is 12.0 Å². The van der Waals surface area contributed by atoms with E-state index >= 15 is 0 Å². The number of hydrogen-bond acceptors (Lipinski definition) is 6. The maximum atomic E-state index is 13.5. The second-order valence-corrected chi connectivity index (χ2v) is 8.17. The number of carbonyl (C=O) groups excluding carboxylic acids is 1. The van der Waals surface area contributed by atoms with Gasteiger partial charge in [0.2, 0.25) is 0 Å². The van der Waals surface area contributed by atoms with Crippen molar-refractivity contribution in [3.63, 3.8) is 0 Å². The molecule has 1 atom stereocenters. The number of carbonyl (C=O) groups is 1. The van der Waals surface area contributed by atoms with E-state index in [1.54, 1.807) is 18.6 Å². The first kappa shape index (κ1) is 21.5. The summed E-state index contributed by atoms with van der Waals surface area (Å²) in [5.41, 5.74) is 2.31. The van der Waals surface area contributed by atoms with Crippen molar-refractivity contribution in [1.82, 2.24) is 4.57 Å². The molecule has 0 saturated carbocycles. The summed E-state index contributed by atoms with van der Waals surface area (Å²) >= 11 is 1.29. The summed E-state index contributed by atoms with van der Waals surface area (Å²) in [7, 11) is 1.60. The van der Waals surface area contributed by atoms with E-state index in [1.165, 1.54) is 17.4 Å². The first-order chi connectivity index (χ1) is 15.5. The number of thiazole rings is 1. The maximum absolute atomic E-state index is 13.5. The monoisotopic (exact) mass is 446 g/mol. The molecule has 0 spiro atoms. The molecule has 1 aliphatic rings. The summed E-state index contributed by atoms with van der Waals surface area (Å²) in [4.78, 5) is 31.5. The van der Waals surface area contributed by atoms with Crippen LogP contribution < -0.4 is 19.6 Å². The largest absolute Gasteiger partial charge is 0.497 e. The molecule has 4 rings (SSSR count). The fourth-order valence-electron chi connectivity index (χ4n) is 3.63. The Morgan fingerprint density at radius 2 is 2.00 bits per heavy atom. The fraction of sp³-hybridized carbons (Fsp3) is 0.160. The molecule has 32 heavy (non-hydrogen) atoms. The van der Waals surface area contributed by atoms with Crippen molar-refractivity contribution >= 4 is 23.4 Å². The summed E-state index contributed by atoms with van der Waals surface area (Å²) in [6.45, 7) is 5.44. The molecule has 162 valence electrons. The number of allylic oxidation sites excluding steroid dienone is 1. The zero-order chi connectivity index (χ0) is 22.7. The lowest BCUT2D eigenvalue weighted by atomic mass is 9.96. The summed E-state index contributed by atoms with van der Waals surface area (Å²) in [6.07, 6.45) is 3.32. The van der Waals surface area contributed by atoms with Gasteiger partial charge in [-0.3, -0.25) is 9.36 Å². The van der Waals surface area contributed by atoms with Crippen LogP contribution in [-0.4, -0.2) is 24.3 Å². The number of benzene rings is 2. The molecule has 0 amide bonds. The van der Waals surface area contributed by atoms with Crippen LogP contribution in [0.1, 0.15) is 24.1 Å². The third-order valence-corrected chi connectivity index (χ3v) is 6.06. The molecule has 0 N–H and O–H groups in total. The van der Waals surface area contributed by atoms with Crippen LogP contribution >= 0.6 is 11.3 Å². The van der Waals surface area contributed by atoms with Crippen LogP contribution in [0.5, 0.6) is 5.75 Å². The predicted octanol–water partition coefficient (Wildman–Crippen LogP) is 2.97. The Kier molecular flexibility index (Phi) is 6.18. The number of hydrogen-bond donors (Lipinski definition) is 0. The number of fused-ring (bicyclic) bond motifs is 1. The molecule has 0 bridgehead atoms. The standard InChI is InChI=1S/C25H22N2O4S/c1-4-13-31-24(29)21-16(2)26-25-27(22(21)18-10-6-5-7-11-18)23(28)20(32-25)15-17-9-8-12-19(14-17)30-3/h4-12,14-15,22H,1,13H2,2-3H3. The van der Waals surface area contributed by atoms with Gasteiger partial charge in [0.25, 0.3) is 5.56 Å². The highest BCUT2D eigenvalue weighted by Gasteiger charge is 2.33. The van der Waals surface area contributed by atoms with Gasteiger partial charge in [0.05, 0.1) is 29.0 Å². The van der Waals surface area contributed by atoms with E-state index in [4.69, 9.17) is 9.47 Å². The van der Waals surface area contributed by atoms with Crippen molar-refractivity contribution < 1.29 is 14.3 Å². The number of ether oxygens (including phenoxy) is 2. The molecule has 0 saturated heterocycles. The maximum Gasteiger partial charge on any atom is 0.338 e. The minimum Gasteiger partial charge on any atom is -0.497 e. The zero-order valence-electron chi connectivity index (χ0n) is 17.8. The molecule has 7 heteroatoms. The van der Waals surface area contributed by atoms with E-state index in [1.807, 2.05) is 60.7 Å². The Morgan fingerprint density at radius 1 is 1.22 bits per heavy atom. The van der Waals surface area contributed by atoms with Gasteiger partial charge in [0.1, 0.15) is 12.4 Å². The van der Waals surface area contributed by atoms with Crippen LogP contribution in [0.25, 0.3) is 6.08 Å². The van der Waals surface area contributed by atoms with Gasteiger partial charge < -0.3 is 9.47 Å². The lowest BCUT2D eigenvalue weighted by molar-refractivity contribution is -0.138. The highest BCUT2D eigenvalue weighted by molar-refractivity contribution is 7.07. The Morgan fingerprint density at radius 3 is 2.72 bits per heavy atom. The number of nitrogens with zero attached hydrogens (tertiary/aromatic N) is 2. The lowest BCUT2D eigenvalue weighted by Gasteiger charge is -2.24. The molecular formula is C25H22N2O4S. The van der Waals surface area contributed by atoms with E-state index in [0.29, 0.717) is 26.4 Å². The quantitative estimate of drug-likeness (QED) is 0.431. The Hall–Kier alpha value is -3.71. The van der Waals surface area contributed by atoms with Gasteiger partial charge in [-0.15, -0.1) is 0 Å². The van der Waals surface area contributed by atoms with Crippen LogP contribution in [-0.2, 0) is 9.53 Å². The van der Waals surface area contributed by atoms with Crippen molar-refractivity contribution in [3.8, 4) is 5.75 Å². The Balaban J connectivity index is 1.91. The highest BCUT2D eigenvalue weighted by atomic mass is 32.1. The minimum absolute atomic E-state index is 0.0807. The van der Waals surface area contributed by atoms with Gasteiger partial charge in [0, 0.05) is 0 Å². The predicted molar refractivity (Wildman–Crippen MR) is 124 cm³/mol. The van der Waals surface area contributed by atoms with Gasteiger partial charge in [0.15, 0.2) is 4.80 Å². The first-order valence-corrected chi connectivity index (χ1v) is 10.8. The molecule has 2 heterocycles. The summed E-state index contributed by atoms with van der Waals surface area (Å²) in [5.74, 6) is 0.193. The van der Waals surface area contributed by atoms with Gasteiger partial charge in [-0.2, -0.15) is 0 Å². The van der Waals surface area contributed by atoms with Crippen LogP contribution in [0.4, 0.5) is 0 Å². The third kappa shape index (κ3) is 4.07. The molecule has 6 nitrogen and oxygen atoms in total. The molecule has 1 aliphatic heterocycles. The molecular weight excluding hydrogens is 424 g/mol. The zero-order valence-corrected chi connectivity index (χ0v) is 18.6. The fourth-order valence-corrected chi connectivity index (χ4v) is 4.68. The molecule has 1 aromatic heterocycles. The van der Waals surface area contributed by atoms with Crippen molar-refractivity contribution in [1.29, 1.82) is 0 Å². The van der Waals surface area contributed by atoms with E-state index in [0.717, 1.165) is 11.1 Å². The highest BCUT2D eigenvalue weighted by Crippen LogP contribution is 2.30. The van der Waals surface area contributed by atoms with Crippen LogP contribution in [0.3, 0.4) is 0 Å². The summed E-state index contributed by atoms with van der Waals surface area (Å²) < 4.78 is 12.7. The summed E-state index contributed by atoms with van der Waals surface area (Å²) in [6, 6.07) is 16.3. The van der Waals surface area contributed by atoms with Crippen LogP contribution in [0, 0.1) is 0 Å². The average Bonchev–Trinajstić information content (AvgIpc) is 3.11. The molecule has 3 aromatic rings. The van der Waals surface area contributed by atoms with E-state index in [2.05, 4.69) is 11.6 Å².